The molecule has 1 nitrogen and oxygen atoms in total. The molecule has 0 amide bonds. The second kappa shape index (κ2) is 3.53. The lowest BCUT2D eigenvalue weighted by Crippen LogP contribution is -2.32. The number of aliphatic hydroxyl groups excluding tert-OH is 1. The summed E-state index contributed by atoms with van der Waals surface area (Å²) < 4.78 is 48.0. The van der Waals surface area contributed by atoms with Crippen molar-refractivity contribution in [2.45, 2.75) is 10.8 Å². The molecule has 0 aliphatic heterocycles. The van der Waals surface area contributed by atoms with Gasteiger partial charge in [0.05, 0.1) is 6.61 Å². The standard InChI is InChI=1S/C5H5BrF4O/c6-5(9,10)4(7,8)2-1-3-11/h1-2,11H,3H2/b2-1+. The van der Waals surface area contributed by atoms with E-state index in [1.54, 1.807) is 0 Å². The van der Waals surface area contributed by atoms with Crippen molar-refractivity contribution < 1.29 is 22.7 Å². The van der Waals surface area contributed by atoms with Gasteiger partial charge in [-0.25, -0.2) is 0 Å². The fourth-order valence-electron chi connectivity index (χ4n) is 0.295. The maximum Gasteiger partial charge on any atom is 0.367 e. The number of allylic oxidation sites excluding steroid dienone is 1. The molecular weight excluding hydrogens is 232 g/mol. The highest BCUT2D eigenvalue weighted by Gasteiger charge is 2.51. The number of aliphatic hydroxyl groups is 1. The molecule has 11 heavy (non-hydrogen) atoms. The molecule has 0 aromatic carbocycles. The van der Waals surface area contributed by atoms with Crippen LogP contribution in [0.15, 0.2) is 12.2 Å². The molecule has 6 heteroatoms. The molecule has 0 unspecified atom stereocenters. The smallest absolute Gasteiger partial charge is 0.367 e. The third kappa shape index (κ3) is 3.20. The van der Waals surface area contributed by atoms with Crippen molar-refractivity contribution in [1.29, 1.82) is 0 Å². The highest BCUT2D eigenvalue weighted by molar-refractivity contribution is 9.10. The molecule has 0 saturated carbocycles. The quantitative estimate of drug-likeness (QED) is 0.453. The third-order valence-corrected chi connectivity index (χ3v) is 1.34. The van der Waals surface area contributed by atoms with Crippen LogP contribution in [0.3, 0.4) is 0 Å². The van der Waals surface area contributed by atoms with E-state index in [1.165, 1.54) is 15.9 Å². The van der Waals surface area contributed by atoms with Crippen LogP contribution in [-0.2, 0) is 0 Å². The van der Waals surface area contributed by atoms with E-state index < -0.39 is 17.4 Å². The Balaban J connectivity index is 4.34. The van der Waals surface area contributed by atoms with E-state index in [0.717, 1.165) is 0 Å². The maximum absolute atomic E-state index is 12.1. The van der Waals surface area contributed by atoms with Gasteiger partial charge < -0.3 is 5.11 Å². The average molecular weight is 237 g/mol. The molecule has 0 aliphatic rings. The summed E-state index contributed by atoms with van der Waals surface area (Å²) in [7, 11) is 0. The van der Waals surface area contributed by atoms with Crippen molar-refractivity contribution >= 4 is 15.9 Å². The first kappa shape index (κ1) is 10.9. The summed E-state index contributed by atoms with van der Waals surface area (Å²) in [5.41, 5.74) is 0. The normalized spacial score (nSPS) is 14.4. The van der Waals surface area contributed by atoms with Gasteiger partial charge in [-0.05, 0) is 22.0 Å². The third-order valence-electron chi connectivity index (χ3n) is 0.811. The Kier molecular flexibility index (Phi) is 3.50. The predicted molar refractivity (Wildman–Crippen MR) is 35.0 cm³/mol. The first-order valence-electron chi connectivity index (χ1n) is 2.54. The highest BCUT2D eigenvalue weighted by atomic mass is 79.9. The first-order chi connectivity index (χ1) is 4.81. The molecule has 66 valence electrons. The number of hydrogen-bond acceptors (Lipinski definition) is 1. The number of hydrogen-bond donors (Lipinski definition) is 1. The van der Waals surface area contributed by atoms with Gasteiger partial charge in [-0.2, -0.15) is 17.6 Å². The lowest BCUT2D eigenvalue weighted by Gasteiger charge is -2.16. The average Bonchev–Trinajstić information content (AvgIpc) is 1.81. The Morgan fingerprint density at radius 2 is 1.73 bits per heavy atom. The van der Waals surface area contributed by atoms with Crippen LogP contribution in [0.5, 0.6) is 0 Å². The van der Waals surface area contributed by atoms with Gasteiger partial charge >= 0.3 is 10.8 Å². The van der Waals surface area contributed by atoms with Crippen molar-refractivity contribution in [2.24, 2.45) is 0 Å². The summed E-state index contributed by atoms with van der Waals surface area (Å²) in [6.07, 6.45) is 0.497. The van der Waals surface area contributed by atoms with E-state index in [-0.39, 0.29) is 6.08 Å². The molecule has 0 aromatic heterocycles. The van der Waals surface area contributed by atoms with Crippen molar-refractivity contribution in [1.82, 2.24) is 0 Å². The van der Waals surface area contributed by atoms with Gasteiger partial charge in [-0.1, -0.05) is 6.08 Å². The molecule has 1 N–H and O–H groups in total. The number of alkyl halides is 5. The topological polar surface area (TPSA) is 20.2 Å². The van der Waals surface area contributed by atoms with Gasteiger partial charge in [0.2, 0.25) is 0 Å². The van der Waals surface area contributed by atoms with Gasteiger partial charge in [-0.3, -0.25) is 0 Å². The fourth-order valence-corrected chi connectivity index (χ4v) is 0.427. The largest absolute Gasteiger partial charge is 0.392 e. The van der Waals surface area contributed by atoms with Crippen molar-refractivity contribution in [2.75, 3.05) is 6.61 Å². The zero-order chi connectivity index (χ0) is 9.12. The second-order valence-electron chi connectivity index (χ2n) is 1.71. The summed E-state index contributed by atoms with van der Waals surface area (Å²) >= 11 is 1.51. The van der Waals surface area contributed by atoms with Crippen LogP contribution < -0.4 is 0 Å². The van der Waals surface area contributed by atoms with Gasteiger partial charge in [0, 0.05) is 0 Å². The lowest BCUT2D eigenvalue weighted by atomic mass is 10.3. The van der Waals surface area contributed by atoms with Gasteiger partial charge in [0.15, 0.2) is 0 Å². The maximum atomic E-state index is 12.1. The number of rotatable bonds is 3. The first-order valence-corrected chi connectivity index (χ1v) is 3.33. The molecule has 0 fully saturated rings. The van der Waals surface area contributed by atoms with Crippen LogP contribution in [0.1, 0.15) is 0 Å². The van der Waals surface area contributed by atoms with Crippen LogP contribution in [0.4, 0.5) is 17.6 Å². The van der Waals surface area contributed by atoms with Crippen LogP contribution in [0, 0.1) is 0 Å². The SMILES string of the molecule is OC/C=C/C(F)(F)C(F)(F)Br. The Hall–Kier alpha value is -0.100. The summed E-state index contributed by atoms with van der Waals surface area (Å²) in [5.74, 6) is -4.27. The summed E-state index contributed by atoms with van der Waals surface area (Å²) in [6, 6.07) is 0. The fraction of sp³-hybridized carbons (Fsp3) is 0.600. The van der Waals surface area contributed by atoms with Crippen molar-refractivity contribution in [3.05, 3.63) is 12.2 Å². The van der Waals surface area contributed by atoms with Crippen LogP contribution in [0.2, 0.25) is 0 Å². The van der Waals surface area contributed by atoms with Crippen molar-refractivity contribution in [3.8, 4) is 0 Å². The van der Waals surface area contributed by atoms with Crippen LogP contribution >= 0.6 is 15.9 Å². The monoisotopic (exact) mass is 236 g/mol. The molecule has 0 spiro atoms. The molecule has 0 aromatic rings. The van der Waals surface area contributed by atoms with E-state index in [4.69, 9.17) is 5.11 Å². The lowest BCUT2D eigenvalue weighted by molar-refractivity contribution is -0.111. The van der Waals surface area contributed by atoms with E-state index in [1.807, 2.05) is 0 Å². The molecule has 0 heterocycles. The molecule has 0 aliphatic carbocycles. The Morgan fingerprint density at radius 3 is 2.00 bits per heavy atom. The van der Waals surface area contributed by atoms with E-state index >= 15 is 0 Å². The molecule has 0 rings (SSSR count). The Labute approximate surface area is 68.8 Å². The zero-order valence-electron chi connectivity index (χ0n) is 5.20. The van der Waals surface area contributed by atoms with E-state index in [9.17, 15) is 17.6 Å². The minimum atomic E-state index is -4.27. The van der Waals surface area contributed by atoms with Gasteiger partial charge in [-0.15, -0.1) is 0 Å². The molecule has 0 radical (unpaired) electrons. The minimum absolute atomic E-state index is 0.0538. The highest BCUT2D eigenvalue weighted by Crippen LogP contribution is 2.40. The Bertz CT molecular complexity index is 151. The molecule has 0 atom stereocenters. The van der Waals surface area contributed by atoms with Gasteiger partial charge in [0.25, 0.3) is 0 Å². The van der Waals surface area contributed by atoms with Crippen LogP contribution in [0.25, 0.3) is 0 Å². The minimum Gasteiger partial charge on any atom is -0.392 e. The summed E-state index contributed by atoms with van der Waals surface area (Å²) in [5, 5.41) is 8.01. The summed E-state index contributed by atoms with van der Waals surface area (Å²) in [6.45, 7) is -0.696. The van der Waals surface area contributed by atoms with Crippen molar-refractivity contribution in [3.63, 3.8) is 0 Å². The number of halogens is 5. The molecular formula is C5H5BrF4O. The Morgan fingerprint density at radius 1 is 1.27 bits per heavy atom. The molecule has 0 saturated heterocycles. The van der Waals surface area contributed by atoms with E-state index in [2.05, 4.69) is 0 Å². The summed E-state index contributed by atoms with van der Waals surface area (Å²) in [4.78, 5) is -4.27. The van der Waals surface area contributed by atoms with Crippen LogP contribution in [-0.4, -0.2) is 22.5 Å². The molecule has 0 bridgehead atoms. The van der Waals surface area contributed by atoms with Gasteiger partial charge in [0.1, 0.15) is 0 Å². The second-order valence-corrected chi connectivity index (χ2v) is 2.70. The predicted octanol–water partition coefficient (Wildman–Crippen LogP) is 2.16. The zero-order valence-corrected chi connectivity index (χ0v) is 6.78. The van der Waals surface area contributed by atoms with E-state index in [0.29, 0.717) is 6.08 Å².